The first kappa shape index (κ1) is 26.1. The lowest BCUT2D eigenvalue weighted by Gasteiger charge is -2.18. The zero-order valence-electron chi connectivity index (χ0n) is 18.0. The smallest absolute Gasteiger partial charge is 0.439 e. The molecule has 15 nitrogen and oxygen atoms in total. The molecule has 37 heavy (non-hydrogen) atoms. The largest absolute Gasteiger partial charge is 0.490 e. The molecule has 4 rings (SSSR count). The van der Waals surface area contributed by atoms with Gasteiger partial charge in [0.1, 0.15) is 16.2 Å². The number of nitrogens with two attached hydrogens (primary N) is 2. The third-order valence-electron chi connectivity index (χ3n) is 4.78. The molecule has 0 aliphatic heterocycles. The summed E-state index contributed by atoms with van der Waals surface area (Å²) in [6, 6.07) is 2.03. The Kier molecular flexibility index (Phi) is 6.44. The topological polar surface area (TPSA) is 243 Å². The molecule has 0 bridgehead atoms. The Morgan fingerprint density at radius 3 is 2.43 bits per heavy atom. The van der Waals surface area contributed by atoms with Crippen molar-refractivity contribution in [1.29, 1.82) is 0 Å². The van der Waals surface area contributed by atoms with Crippen LogP contribution in [0.25, 0.3) is 33.7 Å². The standard InChI is InChI=1S/C17H14F3N9O6S2/c18-17(19,20)16(30)35-10(21)6-36(31,32)9-2-1-7(8-5-25-15-12(8)23-3-4-24-15)11(13(9)37(22,33)34)14-26-28-29-27-14/h1-5,10H,6,21H2,(H,24,25)(H2,22,33,34)(H,26,27,28,29). The van der Waals surface area contributed by atoms with Crippen LogP contribution < -0.4 is 10.9 Å². The van der Waals surface area contributed by atoms with E-state index in [-0.39, 0.29) is 22.5 Å². The number of carbonyl (C=O) groups is 1. The van der Waals surface area contributed by atoms with Crippen molar-refractivity contribution < 1.29 is 39.5 Å². The summed E-state index contributed by atoms with van der Waals surface area (Å²) in [6.45, 7) is 0. The summed E-state index contributed by atoms with van der Waals surface area (Å²) in [6.07, 6.45) is -3.58. The molecule has 1 aromatic carbocycles. The maximum absolute atomic E-state index is 13.1. The van der Waals surface area contributed by atoms with Crippen LogP contribution in [0.15, 0.2) is 40.5 Å². The summed E-state index contributed by atoms with van der Waals surface area (Å²) in [5.41, 5.74) is 5.76. The minimum atomic E-state index is -5.44. The van der Waals surface area contributed by atoms with Gasteiger partial charge in [-0.15, -0.1) is 10.2 Å². The number of hydrogen-bond acceptors (Lipinski definition) is 12. The van der Waals surface area contributed by atoms with E-state index in [0.29, 0.717) is 5.65 Å². The van der Waals surface area contributed by atoms with E-state index < -0.39 is 59.3 Å². The van der Waals surface area contributed by atoms with Crippen molar-refractivity contribution in [2.24, 2.45) is 10.9 Å². The third kappa shape index (κ3) is 5.12. The summed E-state index contributed by atoms with van der Waals surface area (Å²) in [5, 5.41) is 18.3. The van der Waals surface area contributed by atoms with E-state index in [4.69, 9.17) is 10.9 Å². The molecule has 0 aliphatic carbocycles. The number of rotatable bonds is 7. The summed E-state index contributed by atoms with van der Waals surface area (Å²) in [7, 11) is -9.75. The summed E-state index contributed by atoms with van der Waals surface area (Å²) >= 11 is 0. The normalized spacial score (nSPS) is 13.5. The summed E-state index contributed by atoms with van der Waals surface area (Å²) < 4.78 is 93.0. The number of tetrazole rings is 1. The number of primary sulfonamides is 1. The Morgan fingerprint density at radius 1 is 1.11 bits per heavy atom. The zero-order chi connectivity index (χ0) is 27.2. The Bertz CT molecular complexity index is 1700. The molecule has 3 heterocycles. The molecule has 20 heteroatoms. The van der Waals surface area contributed by atoms with Crippen molar-refractivity contribution >= 4 is 37.0 Å². The van der Waals surface area contributed by atoms with Crippen molar-refractivity contribution in [1.82, 2.24) is 35.6 Å². The van der Waals surface area contributed by atoms with Crippen LogP contribution in [0, 0.1) is 0 Å². The predicted octanol–water partition coefficient (Wildman–Crippen LogP) is -0.384. The summed E-state index contributed by atoms with van der Waals surface area (Å²) in [5.74, 6) is -4.53. The molecule has 0 amide bonds. The number of ether oxygens (including phenoxy) is 1. The Morgan fingerprint density at radius 2 is 1.81 bits per heavy atom. The molecule has 1 atom stereocenters. The van der Waals surface area contributed by atoms with E-state index in [9.17, 15) is 34.8 Å². The van der Waals surface area contributed by atoms with Crippen molar-refractivity contribution in [3.63, 3.8) is 0 Å². The number of esters is 1. The Labute approximate surface area is 204 Å². The molecule has 0 radical (unpaired) electrons. The minimum Gasteiger partial charge on any atom is -0.439 e. The van der Waals surface area contributed by atoms with Gasteiger partial charge in [0, 0.05) is 24.2 Å². The lowest BCUT2D eigenvalue weighted by molar-refractivity contribution is -0.203. The second-order valence-corrected chi connectivity index (χ2v) is 10.8. The van der Waals surface area contributed by atoms with Crippen LogP contribution in [0.3, 0.4) is 0 Å². The first-order valence-corrected chi connectivity index (χ1v) is 12.9. The molecule has 0 aliphatic rings. The molecule has 1 unspecified atom stereocenters. The van der Waals surface area contributed by atoms with Gasteiger partial charge in [0.2, 0.25) is 15.8 Å². The maximum Gasteiger partial charge on any atom is 0.490 e. The van der Waals surface area contributed by atoms with Gasteiger partial charge in [-0.2, -0.15) is 18.4 Å². The number of halogens is 3. The number of nitrogens with one attached hydrogen (secondary N) is 2. The van der Waals surface area contributed by atoms with Gasteiger partial charge in [-0.3, -0.25) is 10.7 Å². The molecule has 4 aromatic rings. The van der Waals surface area contributed by atoms with Gasteiger partial charge in [-0.05, 0) is 16.8 Å². The van der Waals surface area contributed by atoms with E-state index in [1.165, 1.54) is 24.7 Å². The van der Waals surface area contributed by atoms with Crippen molar-refractivity contribution in [2.45, 2.75) is 22.2 Å². The van der Waals surface area contributed by atoms with E-state index in [1.54, 1.807) is 0 Å². The number of fused-ring (bicyclic) bond motifs is 1. The van der Waals surface area contributed by atoms with E-state index in [1.807, 2.05) is 0 Å². The number of nitrogens with zero attached hydrogens (tertiary/aromatic N) is 5. The average molecular weight is 561 g/mol. The number of hydrogen-bond donors (Lipinski definition) is 4. The van der Waals surface area contributed by atoms with Crippen LogP contribution in [0.2, 0.25) is 0 Å². The number of aromatic amines is 2. The molecule has 196 valence electrons. The molecule has 0 spiro atoms. The molecular weight excluding hydrogens is 547 g/mol. The average Bonchev–Trinajstić information content (AvgIpc) is 3.46. The van der Waals surface area contributed by atoms with Crippen LogP contribution in [0.4, 0.5) is 13.2 Å². The van der Waals surface area contributed by atoms with E-state index in [0.717, 1.165) is 6.07 Å². The van der Waals surface area contributed by atoms with E-state index >= 15 is 0 Å². The highest BCUT2D eigenvalue weighted by molar-refractivity contribution is 7.93. The highest BCUT2D eigenvalue weighted by Gasteiger charge is 2.43. The number of aromatic nitrogens is 7. The molecule has 0 saturated carbocycles. The lowest BCUT2D eigenvalue weighted by atomic mass is 10.0. The van der Waals surface area contributed by atoms with Crippen molar-refractivity contribution in [2.75, 3.05) is 5.75 Å². The van der Waals surface area contributed by atoms with Gasteiger partial charge in [0.15, 0.2) is 21.7 Å². The van der Waals surface area contributed by atoms with Crippen molar-refractivity contribution in [3.8, 4) is 22.5 Å². The molecule has 6 N–H and O–H groups in total. The monoisotopic (exact) mass is 561 g/mol. The maximum atomic E-state index is 13.1. The van der Waals surface area contributed by atoms with Gasteiger partial charge in [-0.25, -0.2) is 31.8 Å². The SMILES string of the molecule is NC(CS(=O)(=O)c1ccc(-c2c[nH]c3nccnc23)c(-c2nn[nH]n2)c1S(N)(=O)=O)OC(=O)C(F)(F)F. The van der Waals surface area contributed by atoms with Gasteiger partial charge < -0.3 is 9.72 Å². The zero-order valence-corrected chi connectivity index (χ0v) is 19.6. The van der Waals surface area contributed by atoms with Crippen LogP contribution in [-0.2, 0) is 29.4 Å². The second-order valence-electron chi connectivity index (χ2n) is 7.27. The fraction of sp³-hybridized carbons (Fsp3) is 0.176. The number of H-pyrrole nitrogens is 2. The van der Waals surface area contributed by atoms with Crippen LogP contribution in [0.5, 0.6) is 0 Å². The lowest BCUT2D eigenvalue weighted by Crippen LogP contribution is -2.39. The summed E-state index contributed by atoms with van der Waals surface area (Å²) in [4.78, 5) is 20.2. The molecule has 3 aromatic heterocycles. The number of sulfone groups is 1. The fourth-order valence-electron chi connectivity index (χ4n) is 3.40. The van der Waals surface area contributed by atoms with Gasteiger partial charge in [-0.1, -0.05) is 6.07 Å². The third-order valence-corrected chi connectivity index (χ3v) is 7.68. The van der Waals surface area contributed by atoms with Gasteiger partial charge in [0.05, 0.1) is 10.5 Å². The highest BCUT2D eigenvalue weighted by Crippen LogP contribution is 2.40. The van der Waals surface area contributed by atoms with Crippen LogP contribution in [-0.4, -0.2) is 76.5 Å². The minimum absolute atomic E-state index is 0.0453. The van der Waals surface area contributed by atoms with Crippen LogP contribution >= 0.6 is 0 Å². The molecular formula is C17H14F3N9O6S2. The van der Waals surface area contributed by atoms with Crippen molar-refractivity contribution in [3.05, 3.63) is 30.7 Å². The number of benzene rings is 1. The predicted molar refractivity (Wildman–Crippen MR) is 116 cm³/mol. The first-order chi connectivity index (χ1) is 17.2. The Hall–Kier alpha value is -4.01. The van der Waals surface area contributed by atoms with E-state index in [2.05, 4.69) is 40.3 Å². The first-order valence-electron chi connectivity index (χ1n) is 9.68. The number of alkyl halides is 3. The Balaban J connectivity index is 1.93. The second kappa shape index (κ2) is 9.14. The quantitative estimate of drug-likeness (QED) is 0.167. The van der Waals surface area contributed by atoms with Gasteiger partial charge in [0.25, 0.3) is 0 Å². The highest BCUT2D eigenvalue weighted by atomic mass is 32.2. The van der Waals surface area contributed by atoms with Crippen LogP contribution in [0.1, 0.15) is 0 Å². The fourth-order valence-corrected chi connectivity index (χ4v) is 6.31. The molecule has 0 saturated heterocycles. The number of sulfonamides is 1. The number of carbonyl (C=O) groups excluding carboxylic acids is 1. The van der Waals surface area contributed by atoms with Gasteiger partial charge >= 0.3 is 12.1 Å². The molecule has 0 fully saturated rings.